The minimum atomic E-state index is -1.42. The third kappa shape index (κ3) is 8.06. The summed E-state index contributed by atoms with van der Waals surface area (Å²) in [5.41, 5.74) is 16.2. The molecule has 1 saturated heterocycles. The van der Waals surface area contributed by atoms with Crippen LogP contribution in [0.3, 0.4) is 0 Å². The van der Waals surface area contributed by atoms with Crippen LogP contribution in [0, 0.1) is 0 Å². The van der Waals surface area contributed by atoms with Gasteiger partial charge in [-0.1, -0.05) is 30.3 Å². The Labute approximate surface area is 205 Å². The fourth-order valence-electron chi connectivity index (χ4n) is 4.07. The van der Waals surface area contributed by atoms with E-state index in [0.29, 0.717) is 25.8 Å². The summed E-state index contributed by atoms with van der Waals surface area (Å²) in [6.45, 7) is 3.88. The van der Waals surface area contributed by atoms with Crippen molar-refractivity contribution in [2.45, 2.75) is 63.6 Å². The van der Waals surface area contributed by atoms with Gasteiger partial charge in [-0.05, 0) is 45.1 Å². The van der Waals surface area contributed by atoms with Gasteiger partial charge in [0.2, 0.25) is 17.5 Å². The third-order valence-corrected chi connectivity index (χ3v) is 5.88. The molecule has 0 radical (unpaired) electrons. The minimum absolute atomic E-state index is 0.0623. The lowest BCUT2D eigenvalue weighted by Gasteiger charge is -2.30. The van der Waals surface area contributed by atoms with E-state index in [1.807, 2.05) is 30.3 Å². The largest absolute Gasteiger partial charge is 0.450 e. The number of amides is 2. The Balaban J connectivity index is 2.15. The van der Waals surface area contributed by atoms with E-state index in [0.717, 1.165) is 5.56 Å². The molecule has 1 aromatic rings. The van der Waals surface area contributed by atoms with Crippen molar-refractivity contribution in [1.29, 1.82) is 0 Å². The lowest BCUT2D eigenvalue weighted by molar-refractivity contribution is -0.146. The maximum atomic E-state index is 13.5. The van der Waals surface area contributed by atoms with Crippen LogP contribution >= 0.6 is 0 Å². The number of hydrogen-bond donors (Lipinski definition) is 4. The van der Waals surface area contributed by atoms with Crippen LogP contribution < -0.4 is 22.5 Å². The van der Waals surface area contributed by atoms with E-state index in [4.69, 9.17) is 21.9 Å². The summed E-state index contributed by atoms with van der Waals surface area (Å²) in [4.78, 5) is 57.0. The summed E-state index contributed by atoms with van der Waals surface area (Å²) < 4.78 is 4.96. The molecule has 1 heterocycles. The van der Waals surface area contributed by atoms with Gasteiger partial charge in [0.05, 0.1) is 18.2 Å². The van der Waals surface area contributed by atoms with Crippen molar-refractivity contribution in [3.8, 4) is 0 Å². The lowest BCUT2D eigenvalue weighted by atomic mass is 9.87. The Morgan fingerprint density at radius 2 is 1.91 bits per heavy atom. The smallest absolute Gasteiger partial charge is 0.407 e. The number of alkyl carbamates (subject to hydrolysis) is 1. The Morgan fingerprint density at radius 3 is 2.54 bits per heavy atom. The van der Waals surface area contributed by atoms with Crippen LogP contribution in [0.1, 0.15) is 45.1 Å². The van der Waals surface area contributed by atoms with E-state index in [-0.39, 0.29) is 32.0 Å². The maximum Gasteiger partial charge on any atom is 0.407 e. The number of Topliss-reactive ketones (excluding diaryl/α,β-unsaturated/α-hetero) is 2. The number of carbonyl (C=O) groups is 4. The SMILES string of the molecule is CCOC(=O)N[C@@H](Cc1ccccc1)C(=O)N1CCC[C@H]1C(=O)C(=O)[C@@](C)(N)CCCN=C(N)N. The van der Waals surface area contributed by atoms with Gasteiger partial charge in [0.25, 0.3) is 0 Å². The number of ether oxygens (including phenoxy) is 1. The Kier molecular flexibility index (Phi) is 10.2. The van der Waals surface area contributed by atoms with Crippen LogP contribution in [-0.2, 0) is 25.5 Å². The first kappa shape index (κ1) is 27.8. The molecular weight excluding hydrogens is 452 g/mol. The van der Waals surface area contributed by atoms with Gasteiger partial charge >= 0.3 is 6.09 Å². The van der Waals surface area contributed by atoms with Crippen LogP contribution in [0.2, 0.25) is 0 Å². The lowest BCUT2D eigenvalue weighted by Crippen LogP contribution is -2.57. The predicted molar refractivity (Wildman–Crippen MR) is 131 cm³/mol. The van der Waals surface area contributed by atoms with E-state index < -0.39 is 41.2 Å². The molecule has 1 aliphatic heterocycles. The fraction of sp³-hybridized carbons (Fsp3) is 0.542. The summed E-state index contributed by atoms with van der Waals surface area (Å²) in [6, 6.07) is 7.30. The number of aliphatic imine (C=N–C) groups is 1. The van der Waals surface area contributed by atoms with Crippen LogP contribution in [0.25, 0.3) is 0 Å². The summed E-state index contributed by atoms with van der Waals surface area (Å²) in [6.07, 6.45) is 1.01. The number of nitrogens with zero attached hydrogens (tertiary/aromatic N) is 2. The Hall–Kier alpha value is -3.47. The standard InChI is InChI=1S/C24H36N6O5/c1-3-35-23(34)29-17(15-16-9-5-4-6-10-16)21(33)30-14-7-11-18(30)19(31)20(32)24(2,27)12-8-13-28-22(25)26/h4-6,9-10,17-18H,3,7-8,11-15,27H2,1-2H3,(H,29,34)(H4,25,26,28)/t17-,18-,24-/m0/s1. The topological polar surface area (TPSA) is 183 Å². The van der Waals surface area contributed by atoms with Gasteiger partial charge in [-0.15, -0.1) is 0 Å². The number of benzene rings is 1. The Morgan fingerprint density at radius 1 is 1.23 bits per heavy atom. The second-order valence-corrected chi connectivity index (χ2v) is 8.82. The highest BCUT2D eigenvalue weighted by Gasteiger charge is 2.43. The molecule has 2 rings (SSSR count). The minimum Gasteiger partial charge on any atom is -0.450 e. The van der Waals surface area contributed by atoms with Gasteiger partial charge in [0.1, 0.15) is 6.04 Å². The summed E-state index contributed by atoms with van der Waals surface area (Å²) in [5, 5.41) is 2.60. The van der Waals surface area contributed by atoms with Crippen molar-refractivity contribution in [3.63, 3.8) is 0 Å². The zero-order chi connectivity index (χ0) is 26.0. The van der Waals surface area contributed by atoms with Gasteiger partial charge in [0, 0.05) is 19.5 Å². The number of nitrogens with one attached hydrogen (secondary N) is 1. The van der Waals surface area contributed by atoms with Gasteiger partial charge in [-0.3, -0.25) is 19.4 Å². The monoisotopic (exact) mass is 488 g/mol. The zero-order valence-electron chi connectivity index (χ0n) is 20.4. The molecule has 1 fully saturated rings. The van der Waals surface area contributed by atoms with Crippen molar-refractivity contribution >= 4 is 29.5 Å². The van der Waals surface area contributed by atoms with E-state index in [2.05, 4.69) is 10.3 Å². The summed E-state index contributed by atoms with van der Waals surface area (Å²) in [5.74, 6) is -1.97. The average molecular weight is 489 g/mol. The second-order valence-electron chi connectivity index (χ2n) is 8.82. The highest BCUT2D eigenvalue weighted by atomic mass is 16.5. The number of hydrogen-bond acceptors (Lipinski definition) is 7. The molecule has 192 valence electrons. The van der Waals surface area contributed by atoms with E-state index in [1.54, 1.807) is 6.92 Å². The fourth-order valence-corrected chi connectivity index (χ4v) is 4.07. The highest BCUT2D eigenvalue weighted by Crippen LogP contribution is 2.23. The van der Waals surface area contributed by atoms with Gasteiger partial charge in [-0.2, -0.15) is 0 Å². The molecule has 0 bridgehead atoms. The number of carbonyl (C=O) groups excluding carboxylic acids is 4. The molecule has 1 aliphatic rings. The molecule has 7 N–H and O–H groups in total. The highest BCUT2D eigenvalue weighted by molar-refractivity contribution is 6.42. The third-order valence-electron chi connectivity index (χ3n) is 5.88. The van der Waals surface area contributed by atoms with E-state index in [9.17, 15) is 19.2 Å². The van der Waals surface area contributed by atoms with E-state index >= 15 is 0 Å². The van der Waals surface area contributed by atoms with Gasteiger partial charge in [-0.25, -0.2) is 4.79 Å². The van der Waals surface area contributed by atoms with E-state index in [1.165, 1.54) is 11.8 Å². The van der Waals surface area contributed by atoms with Crippen molar-refractivity contribution in [2.75, 3.05) is 19.7 Å². The molecule has 35 heavy (non-hydrogen) atoms. The van der Waals surface area contributed by atoms with Crippen molar-refractivity contribution in [2.24, 2.45) is 22.2 Å². The van der Waals surface area contributed by atoms with Crippen LogP contribution in [0.15, 0.2) is 35.3 Å². The zero-order valence-corrected chi connectivity index (χ0v) is 20.4. The average Bonchev–Trinajstić information content (AvgIpc) is 3.30. The Bertz CT molecular complexity index is 930. The van der Waals surface area contributed by atoms with Gasteiger partial charge < -0.3 is 32.2 Å². The summed E-state index contributed by atoms with van der Waals surface area (Å²) >= 11 is 0. The molecule has 11 nitrogen and oxygen atoms in total. The van der Waals surface area contributed by atoms with Crippen molar-refractivity contribution in [3.05, 3.63) is 35.9 Å². The molecule has 0 unspecified atom stereocenters. The molecular formula is C24H36N6O5. The normalized spacial score (nSPS) is 17.7. The molecule has 0 aromatic heterocycles. The number of guanidine groups is 1. The molecule has 0 aliphatic carbocycles. The second kappa shape index (κ2) is 12.8. The molecule has 0 saturated carbocycles. The van der Waals surface area contributed by atoms with Crippen LogP contribution in [0.4, 0.5) is 4.79 Å². The molecule has 1 aromatic carbocycles. The molecule has 11 heteroatoms. The van der Waals surface area contributed by atoms with Gasteiger partial charge in [0.15, 0.2) is 5.96 Å². The summed E-state index contributed by atoms with van der Waals surface area (Å²) in [7, 11) is 0. The molecule has 2 amide bonds. The first-order valence-corrected chi connectivity index (χ1v) is 11.8. The molecule has 3 atom stereocenters. The number of nitrogens with two attached hydrogens (primary N) is 3. The number of ketones is 2. The number of likely N-dealkylation sites (tertiary alicyclic amines) is 1. The first-order valence-electron chi connectivity index (χ1n) is 11.8. The quantitative estimate of drug-likeness (QED) is 0.140. The predicted octanol–water partition coefficient (Wildman–Crippen LogP) is 0.244. The first-order chi connectivity index (χ1) is 16.6. The molecule has 0 spiro atoms. The van der Waals surface area contributed by atoms with Crippen molar-refractivity contribution in [1.82, 2.24) is 10.2 Å². The van der Waals surface area contributed by atoms with Crippen molar-refractivity contribution < 1.29 is 23.9 Å². The van der Waals surface area contributed by atoms with Crippen LogP contribution in [-0.4, -0.2) is 71.7 Å². The maximum absolute atomic E-state index is 13.5. The number of rotatable bonds is 12. The van der Waals surface area contributed by atoms with Crippen LogP contribution in [0.5, 0.6) is 0 Å².